The molecule has 3 aliphatic rings. The quantitative estimate of drug-likeness (QED) is 0.881. The van der Waals surface area contributed by atoms with Crippen molar-refractivity contribution in [2.75, 3.05) is 37.6 Å². The molecule has 0 aromatic carbocycles. The summed E-state index contributed by atoms with van der Waals surface area (Å²) in [6.45, 7) is 5.84. The van der Waals surface area contributed by atoms with Crippen LogP contribution in [-0.2, 0) is 12.8 Å². The second kappa shape index (κ2) is 6.93. The third kappa shape index (κ3) is 3.16. The van der Waals surface area contributed by atoms with Crippen LogP contribution in [0.2, 0.25) is 0 Å². The Kier molecular flexibility index (Phi) is 4.42. The maximum absolute atomic E-state index is 12.1. The van der Waals surface area contributed by atoms with Gasteiger partial charge in [0.25, 0.3) is 0 Å². The molecule has 2 aromatic heterocycles. The zero-order chi connectivity index (χ0) is 18.4. The molecule has 1 aliphatic heterocycles. The summed E-state index contributed by atoms with van der Waals surface area (Å²) in [5.41, 5.74) is 1.50. The number of urea groups is 1. The first-order chi connectivity index (χ1) is 13.2. The normalized spacial score (nSPS) is 20.0. The molecular formula is C20H27N5OS. The van der Waals surface area contributed by atoms with E-state index in [9.17, 15) is 4.79 Å². The lowest BCUT2D eigenvalue weighted by Gasteiger charge is -2.35. The number of nitrogens with zero attached hydrogens (tertiary/aromatic N) is 4. The minimum Gasteiger partial charge on any atom is -0.352 e. The van der Waals surface area contributed by atoms with Gasteiger partial charge in [0, 0.05) is 43.5 Å². The van der Waals surface area contributed by atoms with Crippen LogP contribution in [-0.4, -0.2) is 53.6 Å². The van der Waals surface area contributed by atoms with E-state index in [-0.39, 0.29) is 6.03 Å². The number of carbonyl (C=O) groups is 1. The molecule has 144 valence electrons. The molecule has 7 heteroatoms. The van der Waals surface area contributed by atoms with E-state index in [4.69, 9.17) is 9.97 Å². The zero-order valence-corrected chi connectivity index (χ0v) is 16.8. The highest BCUT2D eigenvalue weighted by Gasteiger charge is 2.31. The van der Waals surface area contributed by atoms with Gasteiger partial charge < -0.3 is 15.1 Å². The number of nitrogens with one attached hydrogen (secondary N) is 1. The van der Waals surface area contributed by atoms with Gasteiger partial charge in [0.15, 0.2) is 0 Å². The Bertz CT molecular complexity index is 867. The topological polar surface area (TPSA) is 61.4 Å². The van der Waals surface area contributed by atoms with Gasteiger partial charge in [-0.25, -0.2) is 14.8 Å². The summed E-state index contributed by atoms with van der Waals surface area (Å²) < 4.78 is 0. The number of aryl methyl sites for hydroxylation is 2. The Labute approximate surface area is 164 Å². The van der Waals surface area contributed by atoms with Crippen LogP contribution >= 0.6 is 11.3 Å². The number of aromatic nitrogens is 2. The van der Waals surface area contributed by atoms with Crippen LogP contribution < -0.4 is 10.2 Å². The van der Waals surface area contributed by atoms with Crippen LogP contribution in [0.5, 0.6) is 0 Å². The van der Waals surface area contributed by atoms with E-state index in [0.29, 0.717) is 12.5 Å². The van der Waals surface area contributed by atoms with E-state index in [1.165, 1.54) is 52.8 Å². The molecule has 2 aromatic rings. The fraction of sp³-hybridized carbons (Fsp3) is 0.650. The highest BCUT2D eigenvalue weighted by atomic mass is 32.1. The average molecular weight is 386 g/mol. The van der Waals surface area contributed by atoms with Crippen LogP contribution in [0.25, 0.3) is 10.2 Å². The van der Waals surface area contributed by atoms with E-state index in [1.807, 2.05) is 23.2 Å². The molecule has 0 atom stereocenters. The molecule has 27 heavy (non-hydrogen) atoms. The summed E-state index contributed by atoms with van der Waals surface area (Å²) in [6.07, 6.45) is 7.37. The lowest BCUT2D eigenvalue weighted by atomic mass is 9.97. The van der Waals surface area contributed by atoms with E-state index < -0.39 is 0 Å². The fourth-order valence-electron chi connectivity index (χ4n) is 4.29. The highest BCUT2D eigenvalue weighted by molar-refractivity contribution is 7.19. The molecule has 0 bridgehead atoms. The fourth-order valence-corrected chi connectivity index (χ4v) is 5.55. The molecule has 0 radical (unpaired) electrons. The third-order valence-electron chi connectivity index (χ3n) is 5.95. The van der Waals surface area contributed by atoms with Crippen LogP contribution in [0, 0.1) is 0 Å². The predicted octanol–water partition coefficient (Wildman–Crippen LogP) is 3.30. The van der Waals surface area contributed by atoms with Crippen molar-refractivity contribution in [1.29, 1.82) is 0 Å². The van der Waals surface area contributed by atoms with Crippen LogP contribution in [0.4, 0.5) is 10.6 Å². The molecule has 1 saturated carbocycles. The van der Waals surface area contributed by atoms with Gasteiger partial charge in [0.05, 0.1) is 5.39 Å². The van der Waals surface area contributed by atoms with Crippen LogP contribution in [0.1, 0.15) is 54.8 Å². The van der Waals surface area contributed by atoms with Gasteiger partial charge in [-0.2, -0.15) is 0 Å². The number of piperazine rings is 1. The van der Waals surface area contributed by atoms with Gasteiger partial charge in [-0.15, -0.1) is 11.3 Å². The number of carbonyl (C=O) groups excluding carboxylic acids is 1. The number of anilines is 1. The molecule has 2 fully saturated rings. The van der Waals surface area contributed by atoms with Crippen molar-refractivity contribution in [3.63, 3.8) is 0 Å². The standard InChI is InChI=1S/C20H27N5OS/c1-2-21-20(26)25-11-9-24(10-12-25)18-16-14-5-3-4-6-15(14)27-19(16)23-17(22-18)13-7-8-13/h13H,2-12H2,1H3,(H,21,26). The maximum Gasteiger partial charge on any atom is 0.317 e. The molecule has 0 spiro atoms. The first kappa shape index (κ1) is 17.2. The van der Waals surface area contributed by atoms with Crippen molar-refractivity contribution >= 4 is 33.4 Å². The van der Waals surface area contributed by atoms with Gasteiger partial charge in [-0.05, 0) is 51.0 Å². The first-order valence-corrected chi connectivity index (χ1v) is 11.2. The van der Waals surface area contributed by atoms with Crippen molar-refractivity contribution < 1.29 is 4.79 Å². The monoisotopic (exact) mass is 385 g/mol. The molecule has 3 heterocycles. The molecular weight excluding hydrogens is 358 g/mol. The highest BCUT2D eigenvalue weighted by Crippen LogP contribution is 2.44. The lowest BCUT2D eigenvalue weighted by Crippen LogP contribution is -2.52. The van der Waals surface area contributed by atoms with E-state index in [2.05, 4.69) is 10.2 Å². The Balaban J connectivity index is 1.48. The van der Waals surface area contributed by atoms with E-state index in [1.54, 1.807) is 0 Å². The van der Waals surface area contributed by atoms with Gasteiger partial charge in [0.2, 0.25) is 0 Å². The number of hydrogen-bond acceptors (Lipinski definition) is 5. The minimum absolute atomic E-state index is 0.0524. The second-order valence-corrected chi connectivity index (χ2v) is 8.96. The minimum atomic E-state index is 0.0524. The largest absolute Gasteiger partial charge is 0.352 e. The Hall–Kier alpha value is -1.89. The summed E-state index contributed by atoms with van der Waals surface area (Å²) in [6, 6.07) is 0.0524. The van der Waals surface area contributed by atoms with Gasteiger partial charge in [-0.3, -0.25) is 0 Å². The summed E-state index contributed by atoms with van der Waals surface area (Å²) in [5.74, 6) is 2.74. The van der Waals surface area contributed by atoms with E-state index in [0.717, 1.165) is 44.2 Å². The third-order valence-corrected chi connectivity index (χ3v) is 7.14. The SMILES string of the molecule is CCNC(=O)N1CCN(c2nc(C3CC3)nc3sc4c(c23)CCCC4)CC1. The molecule has 0 unspecified atom stereocenters. The predicted molar refractivity (Wildman–Crippen MR) is 109 cm³/mol. The maximum atomic E-state index is 12.1. The van der Waals surface area contributed by atoms with Crippen molar-refractivity contribution in [3.05, 3.63) is 16.3 Å². The molecule has 2 aliphatic carbocycles. The molecule has 6 nitrogen and oxygen atoms in total. The van der Waals surface area contributed by atoms with E-state index >= 15 is 0 Å². The zero-order valence-electron chi connectivity index (χ0n) is 16.0. The first-order valence-electron chi connectivity index (χ1n) is 10.3. The van der Waals surface area contributed by atoms with Crippen molar-refractivity contribution in [2.45, 2.75) is 51.4 Å². The Morgan fingerprint density at radius 2 is 1.93 bits per heavy atom. The Morgan fingerprint density at radius 3 is 2.67 bits per heavy atom. The molecule has 1 N–H and O–H groups in total. The summed E-state index contributed by atoms with van der Waals surface area (Å²) in [5, 5.41) is 4.22. The Morgan fingerprint density at radius 1 is 1.15 bits per heavy atom. The summed E-state index contributed by atoms with van der Waals surface area (Å²) in [7, 11) is 0. The van der Waals surface area contributed by atoms with Crippen molar-refractivity contribution in [3.8, 4) is 0 Å². The number of thiophene rings is 1. The number of rotatable bonds is 3. The number of fused-ring (bicyclic) bond motifs is 3. The smallest absolute Gasteiger partial charge is 0.317 e. The van der Waals surface area contributed by atoms with Gasteiger partial charge >= 0.3 is 6.03 Å². The van der Waals surface area contributed by atoms with Crippen molar-refractivity contribution in [2.24, 2.45) is 0 Å². The second-order valence-electron chi connectivity index (χ2n) is 7.88. The summed E-state index contributed by atoms with van der Waals surface area (Å²) >= 11 is 1.90. The average Bonchev–Trinajstić information content (AvgIpc) is 3.48. The van der Waals surface area contributed by atoms with Gasteiger partial charge in [-0.1, -0.05) is 0 Å². The van der Waals surface area contributed by atoms with Crippen molar-refractivity contribution in [1.82, 2.24) is 20.2 Å². The molecule has 5 rings (SSSR count). The number of amides is 2. The summed E-state index contributed by atoms with van der Waals surface area (Å²) in [4.78, 5) is 29.2. The molecule has 1 saturated heterocycles. The number of hydrogen-bond donors (Lipinski definition) is 1. The molecule has 2 amide bonds. The lowest BCUT2D eigenvalue weighted by molar-refractivity contribution is 0.195. The van der Waals surface area contributed by atoms with Crippen LogP contribution in [0.3, 0.4) is 0 Å². The van der Waals surface area contributed by atoms with Gasteiger partial charge in [0.1, 0.15) is 16.5 Å². The van der Waals surface area contributed by atoms with Crippen LogP contribution in [0.15, 0.2) is 0 Å².